The van der Waals surface area contributed by atoms with Crippen LogP contribution in [0.1, 0.15) is 50.0 Å². The summed E-state index contributed by atoms with van der Waals surface area (Å²) < 4.78 is 1.66. The summed E-state index contributed by atoms with van der Waals surface area (Å²) in [5, 5.41) is 7.70. The fourth-order valence-electron chi connectivity index (χ4n) is 4.12. The Balaban J connectivity index is 1.68. The summed E-state index contributed by atoms with van der Waals surface area (Å²) in [6, 6.07) is 0.217. The SMILES string of the molecule is CCn1ncc(Cl)c1C(=O)NC(C)C1CC2CCC1C2. The fourth-order valence-corrected chi connectivity index (χ4v) is 4.34. The van der Waals surface area contributed by atoms with Crippen LogP contribution in [-0.2, 0) is 6.54 Å². The van der Waals surface area contributed by atoms with Crippen molar-refractivity contribution < 1.29 is 4.79 Å². The Hall–Kier alpha value is -1.03. The van der Waals surface area contributed by atoms with Gasteiger partial charge in [-0.3, -0.25) is 9.48 Å². The van der Waals surface area contributed by atoms with E-state index in [0.717, 1.165) is 11.8 Å². The number of halogens is 1. The van der Waals surface area contributed by atoms with Crippen molar-refractivity contribution in [1.82, 2.24) is 15.1 Å². The highest BCUT2D eigenvalue weighted by atomic mass is 35.5. The number of nitrogens with zero attached hydrogens (tertiary/aromatic N) is 2. The molecule has 2 aliphatic rings. The van der Waals surface area contributed by atoms with E-state index in [2.05, 4.69) is 17.3 Å². The topological polar surface area (TPSA) is 46.9 Å². The molecule has 2 bridgehead atoms. The lowest BCUT2D eigenvalue weighted by Gasteiger charge is -2.28. The standard InChI is InChI=1S/C15H22ClN3O/c1-3-19-14(13(16)8-17-19)15(20)18-9(2)12-7-10-4-5-11(12)6-10/h8-12H,3-7H2,1-2H3,(H,18,20). The van der Waals surface area contributed by atoms with Gasteiger partial charge in [0, 0.05) is 12.6 Å². The van der Waals surface area contributed by atoms with Crippen LogP contribution >= 0.6 is 11.6 Å². The van der Waals surface area contributed by atoms with Crippen molar-refractivity contribution in [3.8, 4) is 0 Å². The zero-order valence-corrected chi connectivity index (χ0v) is 12.9. The summed E-state index contributed by atoms with van der Waals surface area (Å²) in [5.41, 5.74) is 0.490. The second-order valence-corrected chi connectivity index (χ2v) is 6.66. The molecule has 1 aromatic rings. The van der Waals surface area contributed by atoms with Crippen LogP contribution in [0, 0.1) is 17.8 Å². The lowest BCUT2D eigenvalue weighted by Crippen LogP contribution is -2.41. The Kier molecular flexibility index (Phi) is 3.76. The van der Waals surface area contributed by atoms with Gasteiger partial charge >= 0.3 is 0 Å². The molecule has 1 aromatic heterocycles. The summed E-state index contributed by atoms with van der Waals surface area (Å²) in [5.74, 6) is 2.25. The molecule has 110 valence electrons. The molecular weight excluding hydrogens is 274 g/mol. The van der Waals surface area contributed by atoms with E-state index in [1.54, 1.807) is 10.9 Å². The first-order chi connectivity index (χ1) is 9.60. The Labute approximate surface area is 124 Å². The molecule has 2 fully saturated rings. The summed E-state index contributed by atoms with van der Waals surface area (Å²) in [6.45, 7) is 4.74. The Morgan fingerprint density at radius 1 is 1.55 bits per heavy atom. The number of hydrogen-bond donors (Lipinski definition) is 1. The molecule has 3 rings (SSSR count). The molecule has 0 radical (unpaired) electrons. The third-order valence-electron chi connectivity index (χ3n) is 5.10. The summed E-state index contributed by atoms with van der Waals surface area (Å²) >= 11 is 6.08. The number of aryl methyl sites for hydroxylation is 1. The maximum Gasteiger partial charge on any atom is 0.271 e. The van der Waals surface area contributed by atoms with Crippen LogP contribution in [0.5, 0.6) is 0 Å². The number of aromatic nitrogens is 2. The van der Waals surface area contributed by atoms with Gasteiger partial charge in [0.2, 0.25) is 0 Å². The molecule has 20 heavy (non-hydrogen) atoms. The van der Waals surface area contributed by atoms with Gasteiger partial charge < -0.3 is 5.32 Å². The predicted octanol–water partition coefficient (Wildman–Crippen LogP) is 3.11. The average Bonchev–Trinajstić information content (AvgIpc) is 3.12. The fraction of sp³-hybridized carbons (Fsp3) is 0.733. The number of nitrogens with one attached hydrogen (secondary N) is 1. The van der Waals surface area contributed by atoms with Crippen LogP contribution in [0.25, 0.3) is 0 Å². The summed E-state index contributed by atoms with van der Waals surface area (Å²) in [4.78, 5) is 12.4. The molecule has 0 saturated heterocycles. The number of carbonyl (C=O) groups is 1. The lowest BCUT2D eigenvalue weighted by atomic mass is 9.84. The molecule has 0 aromatic carbocycles. The van der Waals surface area contributed by atoms with Gasteiger partial charge in [0.15, 0.2) is 0 Å². The predicted molar refractivity (Wildman–Crippen MR) is 78.8 cm³/mol. The van der Waals surface area contributed by atoms with Gasteiger partial charge in [-0.25, -0.2) is 0 Å². The Morgan fingerprint density at radius 3 is 2.95 bits per heavy atom. The Morgan fingerprint density at radius 2 is 2.35 bits per heavy atom. The zero-order valence-electron chi connectivity index (χ0n) is 12.1. The van der Waals surface area contributed by atoms with E-state index < -0.39 is 0 Å². The summed E-state index contributed by atoms with van der Waals surface area (Å²) in [6.07, 6.45) is 6.90. The van der Waals surface area contributed by atoms with Crippen molar-refractivity contribution >= 4 is 17.5 Å². The normalized spacial score (nSPS) is 29.6. The van der Waals surface area contributed by atoms with Gasteiger partial charge in [0.25, 0.3) is 5.91 Å². The first-order valence-corrected chi connectivity index (χ1v) is 8.00. The molecule has 0 aliphatic heterocycles. The van der Waals surface area contributed by atoms with Crippen LogP contribution in [0.4, 0.5) is 0 Å². The van der Waals surface area contributed by atoms with Crippen molar-refractivity contribution in [3.05, 3.63) is 16.9 Å². The van der Waals surface area contributed by atoms with Gasteiger partial charge in [-0.1, -0.05) is 18.0 Å². The molecule has 4 unspecified atom stereocenters. The summed E-state index contributed by atoms with van der Waals surface area (Å²) in [7, 11) is 0. The van der Waals surface area contributed by atoms with Crippen molar-refractivity contribution in [2.75, 3.05) is 0 Å². The highest BCUT2D eigenvalue weighted by Gasteiger charge is 2.42. The smallest absolute Gasteiger partial charge is 0.271 e. The zero-order chi connectivity index (χ0) is 14.3. The molecular formula is C15H22ClN3O. The van der Waals surface area contributed by atoms with Crippen molar-refractivity contribution in [2.24, 2.45) is 17.8 Å². The van der Waals surface area contributed by atoms with E-state index in [4.69, 9.17) is 11.6 Å². The molecule has 5 heteroatoms. The first kappa shape index (κ1) is 13.9. The van der Waals surface area contributed by atoms with E-state index in [1.165, 1.54) is 25.7 Å². The van der Waals surface area contributed by atoms with Crippen LogP contribution in [0.3, 0.4) is 0 Å². The van der Waals surface area contributed by atoms with E-state index in [1.807, 2.05) is 6.92 Å². The quantitative estimate of drug-likeness (QED) is 0.928. The maximum atomic E-state index is 12.4. The van der Waals surface area contributed by atoms with E-state index in [9.17, 15) is 4.79 Å². The highest BCUT2D eigenvalue weighted by Crippen LogP contribution is 2.49. The van der Waals surface area contributed by atoms with Crippen molar-refractivity contribution in [1.29, 1.82) is 0 Å². The lowest BCUT2D eigenvalue weighted by molar-refractivity contribution is 0.0904. The molecule has 2 saturated carbocycles. The van der Waals surface area contributed by atoms with E-state index >= 15 is 0 Å². The van der Waals surface area contributed by atoms with Crippen molar-refractivity contribution in [3.63, 3.8) is 0 Å². The van der Waals surface area contributed by atoms with Crippen LogP contribution in [0.15, 0.2) is 6.20 Å². The highest BCUT2D eigenvalue weighted by molar-refractivity contribution is 6.33. The molecule has 0 spiro atoms. The molecule has 1 N–H and O–H groups in total. The number of hydrogen-bond acceptors (Lipinski definition) is 2. The maximum absolute atomic E-state index is 12.4. The third kappa shape index (κ3) is 2.34. The van der Waals surface area contributed by atoms with Gasteiger partial charge in [-0.15, -0.1) is 0 Å². The third-order valence-corrected chi connectivity index (χ3v) is 5.38. The second-order valence-electron chi connectivity index (χ2n) is 6.26. The van der Waals surface area contributed by atoms with E-state index in [-0.39, 0.29) is 11.9 Å². The molecule has 1 amide bonds. The number of amides is 1. The average molecular weight is 296 g/mol. The number of rotatable bonds is 4. The van der Waals surface area contributed by atoms with Gasteiger partial charge in [-0.05, 0) is 50.9 Å². The minimum absolute atomic E-state index is 0.0929. The van der Waals surface area contributed by atoms with Gasteiger partial charge in [0.1, 0.15) is 5.69 Å². The van der Waals surface area contributed by atoms with Crippen LogP contribution < -0.4 is 5.32 Å². The molecule has 2 aliphatic carbocycles. The first-order valence-electron chi connectivity index (χ1n) is 7.62. The minimum atomic E-state index is -0.0929. The largest absolute Gasteiger partial charge is 0.348 e. The van der Waals surface area contributed by atoms with Gasteiger partial charge in [-0.2, -0.15) is 5.10 Å². The number of carbonyl (C=O) groups excluding carboxylic acids is 1. The molecule has 4 nitrogen and oxygen atoms in total. The Bertz CT molecular complexity index is 513. The van der Waals surface area contributed by atoms with Crippen molar-refractivity contribution in [2.45, 2.75) is 52.1 Å². The van der Waals surface area contributed by atoms with Crippen LogP contribution in [-0.4, -0.2) is 21.7 Å². The second kappa shape index (κ2) is 5.40. The van der Waals surface area contributed by atoms with Crippen LogP contribution in [0.2, 0.25) is 5.02 Å². The molecule has 4 atom stereocenters. The van der Waals surface area contributed by atoms with E-state index in [0.29, 0.717) is 23.2 Å². The monoisotopic (exact) mass is 295 g/mol. The minimum Gasteiger partial charge on any atom is -0.348 e. The molecule has 1 heterocycles. The van der Waals surface area contributed by atoms with Gasteiger partial charge in [0.05, 0.1) is 11.2 Å². The number of fused-ring (bicyclic) bond motifs is 2.